The second-order valence-electron chi connectivity index (χ2n) is 4.13. The van der Waals surface area contributed by atoms with E-state index in [0.717, 1.165) is 0 Å². The van der Waals surface area contributed by atoms with E-state index in [1.807, 2.05) is 0 Å². The molecule has 1 amide bonds. The molecule has 0 aliphatic heterocycles. The van der Waals surface area contributed by atoms with Gasteiger partial charge in [0.2, 0.25) is 0 Å². The van der Waals surface area contributed by atoms with Crippen LogP contribution in [0.5, 0.6) is 0 Å². The minimum absolute atomic E-state index is 0.0673. The van der Waals surface area contributed by atoms with Crippen molar-refractivity contribution in [1.29, 1.82) is 0 Å². The number of aliphatic carboxylic acids is 1. The first-order chi connectivity index (χ1) is 9.99. The minimum Gasteiger partial charge on any atom is -0.479 e. The number of rotatable bonds is 4. The van der Waals surface area contributed by atoms with Crippen molar-refractivity contribution in [1.82, 2.24) is 10.3 Å². The summed E-state index contributed by atoms with van der Waals surface area (Å²) in [6.45, 7) is 0. The van der Waals surface area contributed by atoms with E-state index in [0.29, 0.717) is 10.6 Å². The van der Waals surface area contributed by atoms with Crippen LogP contribution in [0.1, 0.15) is 22.1 Å². The lowest BCUT2D eigenvalue weighted by atomic mass is 10.1. The lowest BCUT2D eigenvalue weighted by Crippen LogP contribution is -2.34. The number of amides is 1. The van der Waals surface area contributed by atoms with Crippen LogP contribution in [0.4, 0.5) is 0 Å². The van der Waals surface area contributed by atoms with Gasteiger partial charge in [-0.05, 0) is 18.2 Å². The number of carboxylic acids is 1. The smallest absolute Gasteiger partial charge is 0.330 e. The van der Waals surface area contributed by atoms with E-state index < -0.39 is 17.9 Å². The Bertz CT molecular complexity index is 674. The maximum absolute atomic E-state index is 12.0. The molecule has 2 N–H and O–H groups in total. The van der Waals surface area contributed by atoms with Crippen LogP contribution in [0.25, 0.3) is 0 Å². The Morgan fingerprint density at radius 3 is 2.43 bits per heavy atom. The number of nitrogens with zero attached hydrogens (tertiary/aromatic N) is 1. The zero-order chi connectivity index (χ0) is 15.4. The van der Waals surface area contributed by atoms with Gasteiger partial charge in [-0.3, -0.25) is 4.79 Å². The van der Waals surface area contributed by atoms with E-state index in [-0.39, 0.29) is 10.7 Å². The number of carbonyl (C=O) groups excluding carboxylic acids is 1. The first kappa shape index (κ1) is 15.3. The number of hydrogen-bond acceptors (Lipinski definition) is 3. The van der Waals surface area contributed by atoms with E-state index in [9.17, 15) is 14.7 Å². The number of benzene rings is 1. The van der Waals surface area contributed by atoms with Gasteiger partial charge in [0.15, 0.2) is 6.04 Å². The van der Waals surface area contributed by atoms with Gasteiger partial charge < -0.3 is 10.4 Å². The van der Waals surface area contributed by atoms with E-state index in [2.05, 4.69) is 10.3 Å². The molecule has 108 valence electrons. The quantitative estimate of drug-likeness (QED) is 0.906. The first-order valence-corrected chi connectivity index (χ1v) is 6.64. The van der Waals surface area contributed by atoms with E-state index in [4.69, 9.17) is 23.2 Å². The SMILES string of the molecule is O=C(N[C@@H](C(=O)O)c1ccccc1Cl)c1ccc(Cl)cn1. The van der Waals surface area contributed by atoms with E-state index in [1.165, 1.54) is 24.4 Å². The Kier molecular flexibility index (Phi) is 4.77. The molecule has 1 aromatic carbocycles. The van der Waals surface area contributed by atoms with Crippen molar-refractivity contribution in [3.8, 4) is 0 Å². The fourth-order valence-electron chi connectivity index (χ4n) is 1.70. The van der Waals surface area contributed by atoms with Crippen molar-refractivity contribution in [2.24, 2.45) is 0 Å². The average Bonchev–Trinajstić information content (AvgIpc) is 2.46. The number of carbonyl (C=O) groups is 2. The third-order valence-corrected chi connectivity index (χ3v) is 3.27. The molecule has 2 aromatic rings. The van der Waals surface area contributed by atoms with Crippen LogP contribution in [-0.4, -0.2) is 22.0 Å². The summed E-state index contributed by atoms with van der Waals surface area (Å²) in [6.07, 6.45) is 1.31. The molecule has 21 heavy (non-hydrogen) atoms. The van der Waals surface area contributed by atoms with Crippen molar-refractivity contribution in [2.45, 2.75) is 6.04 Å². The summed E-state index contributed by atoms with van der Waals surface area (Å²) in [5, 5.41) is 12.3. The van der Waals surface area contributed by atoms with Crippen molar-refractivity contribution in [3.63, 3.8) is 0 Å². The van der Waals surface area contributed by atoms with E-state index >= 15 is 0 Å². The molecule has 7 heteroatoms. The second kappa shape index (κ2) is 6.56. The maximum Gasteiger partial charge on any atom is 0.330 e. The predicted molar refractivity (Wildman–Crippen MR) is 78.5 cm³/mol. The summed E-state index contributed by atoms with van der Waals surface area (Å²) >= 11 is 11.6. The van der Waals surface area contributed by atoms with E-state index in [1.54, 1.807) is 18.2 Å². The molecule has 0 aliphatic carbocycles. The Morgan fingerprint density at radius 2 is 1.86 bits per heavy atom. The third-order valence-electron chi connectivity index (χ3n) is 2.70. The molecule has 1 atom stereocenters. The number of pyridine rings is 1. The highest BCUT2D eigenvalue weighted by molar-refractivity contribution is 6.31. The Hall–Kier alpha value is -2.11. The van der Waals surface area contributed by atoms with Crippen LogP contribution in [-0.2, 0) is 4.79 Å². The number of nitrogens with one attached hydrogen (secondary N) is 1. The molecular weight excluding hydrogens is 315 g/mol. The molecule has 0 aliphatic rings. The fraction of sp³-hybridized carbons (Fsp3) is 0.0714. The summed E-state index contributed by atoms with van der Waals surface area (Å²) < 4.78 is 0. The summed E-state index contributed by atoms with van der Waals surface area (Å²) in [5.41, 5.74) is 0.367. The molecular formula is C14H10Cl2N2O3. The summed E-state index contributed by atoms with van der Waals surface area (Å²) in [6, 6.07) is 8.05. The Balaban J connectivity index is 2.25. The van der Waals surface area contributed by atoms with Gasteiger partial charge in [0.05, 0.1) is 5.02 Å². The predicted octanol–water partition coefficient (Wildman–Crippen LogP) is 2.94. The van der Waals surface area contributed by atoms with Gasteiger partial charge in [-0.2, -0.15) is 0 Å². The van der Waals surface area contributed by atoms with Gasteiger partial charge >= 0.3 is 5.97 Å². The number of carboxylic acid groups (broad SMARTS) is 1. The largest absolute Gasteiger partial charge is 0.479 e. The van der Waals surface area contributed by atoms with Gasteiger partial charge in [0, 0.05) is 16.8 Å². The van der Waals surface area contributed by atoms with Crippen molar-refractivity contribution in [2.75, 3.05) is 0 Å². The Labute approximate surface area is 130 Å². The van der Waals surface area contributed by atoms with Crippen LogP contribution in [0.3, 0.4) is 0 Å². The van der Waals surface area contributed by atoms with Crippen LogP contribution in [0.15, 0.2) is 42.6 Å². The number of halogens is 2. The van der Waals surface area contributed by atoms with Gasteiger partial charge in [-0.1, -0.05) is 41.4 Å². The molecule has 0 radical (unpaired) electrons. The van der Waals surface area contributed by atoms with Gasteiger partial charge in [0.25, 0.3) is 5.91 Å². The topological polar surface area (TPSA) is 79.3 Å². The average molecular weight is 325 g/mol. The van der Waals surface area contributed by atoms with Gasteiger partial charge in [0.1, 0.15) is 5.69 Å². The highest BCUT2D eigenvalue weighted by Gasteiger charge is 2.25. The lowest BCUT2D eigenvalue weighted by Gasteiger charge is -2.15. The molecule has 1 aromatic heterocycles. The fourth-order valence-corrected chi connectivity index (χ4v) is 2.05. The summed E-state index contributed by atoms with van der Waals surface area (Å²) in [7, 11) is 0. The third kappa shape index (κ3) is 3.71. The highest BCUT2D eigenvalue weighted by Crippen LogP contribution is 2.23. The first-order valence-electron chi connectivity index (χ1n) is 5.88. The van der Waals surface area contributed by atoms with Crippen LogP contribution >= 0.6 is 23.2 Å². The standard InChI is InChI=1S/C14H10Cl2N2O3/c15-8-5-6-11(17-7-8)13(19)18-12(14(20)21)9-3-1-2-4-10(9)16/h1-7,12H,(H,18,19)(H,20,21)/t12-/m1/s1. The molecule has 0 unspecified atom stereocenters. The second-order valence-corrected chi connectivity index (χ2v) is 4.97. The van der Waals surface area contributed by atoms with Gasteiger partial charge in [-0.15, -0.1) is 0 Å². The molecule has 0 fully saturated rings. The van der Waals surface area contributed by atoms with Crippen molar-refractivity contribution in [3.05, 3.63) is 63.9 Å². The van der Waals surface area contributed by atoms with Gasteiger partial charge in [-0.25, -0.2) is 9.78 Å². The lowest BCUT2D eigenvalue weighted by molar-refractivity contribution is -0.139. The highest BCUT2D eigenvalue weighted by atomic mass is 35.5. The molecule has 2 rings (SSSR count). The van der Waals surface area contributed by atoms with Crippen molar-refractivity contribution < 1.29 is 14.7 Å². The maximum atomic E-state index is 12.0. The van der Waals surface area contributed by atoms with Crippen LogP contribution in [0.2, 0.25) is 10.0 Å². The van der Waals surface area contributed by atoms with Crippen molar-refractivity contribution >= 4 is 35.1 Å². The molecule has 0 saturated heterocycles. The Morgan fingerprint density at radius 1 is 1.14 bits per heavy atom. The number of hydrogen-bond donors (Lipinski definition) is 2. The summed E-state index contributed by atoms with van der Waals surface area (Å²) in [5.74, 6) is -1.84. The molecule has 1 heterocycles. The molecule has 0 saturated carbocycles. The van der Waals surface area contributed by atoms with Crippen LogP contribution in [0, 0.1) is 0 Å². The zero-order valence-electron chi connectivity index (χ0n) is 10.6. The van der Waals surface area contributed by atoms with Crippen LogP contribution < -0.4 is 5.32 Å². The zero-order valence-corrected chi connectivity index (χ0v) is 12.1. The normalized spacial score (nSPS) is 11.7. The molecule has 5 nitrogen and oxygen atoms in total. The summed E-state index contributed by atoms with van der Waals surface area (Å²) in [4.78, 5) is 27.2. The molecule has 0 bridgehead atoms. The molecule has 0 spiro atoms. The number of aromatic nitrogens is 1. The monoisotopic (exact) mass is 324 g/mol. The minimum atomic E-state index is -1.26.